The molecule has 0 amide bonds. The first-order valence-electron chi connectivity index (χ1n) is 3.10. The number of carbonyl (C=O) groups is 1. The Morgan fingerprint density at radius 2 is 2.27 bits per heavy atom. The van der Waals surface area contributed by atoms with Crippen molar-refractivity contribution >= 4 is 6.29 Å². The zero-order valence-corrected chi connectivity index (χ0v) is 6.07. The molecule has 1 aromatic carbocycles. The van der Waals surface area contributed by atoms with Gasteiger partial charge in [-0.2, -0.15) is 0 Å². The summed E-state index contributed by atoms with van der Waals surface area (Å²) in [5.41, 5.74) is 0.486. The minimum Gasteiger partial charge on any atom is -0.504 e. The lowest BCUT2D eigenvalue weighted by Gasteiger charge is -2.01. The summed E-state index contributed by atoms with van der Waals surface area (Å²) in [7, 11) is 1.43. The van der Waals surface area contributed by atoms with Gasteiger partial charge in [-0.1, -0.05) is 0 Å². The van der Waals surface area contributed by atoms with E-state index < -0.39 is 0 Å². The van der Waals surface area contributed by atoms with Gasteiger partial charge in [0.15, 0.2) is 11.5 Å². The Bertz CT molecular complexity index is 268. The van der Waals surface area contributed by atoms with Gasteiger partial charge in [-0.3, -0.25) is 4.79 Å². The van der Waals surface area contributed by atoms with E-state index in [4.69, 9.17) is 9.84 Å². The predicted molar refractivity (Wildman–Crippen MR) is 40.0 cm³/mol. The van der Waals surface area contributed by atoms with Gasteiger partial charge in [0.2, 0.25) is 0 Å². The Hall–Kier alpha value is -1.51. The van der Waals surface area contributed by atoms with Crippen LogP contribution in [0.25, 0.3) is 0 Å². The van der Waals surface area contributed by atoms with Crippen molar-refractivity contribution in [2.75, 3.05) is 7.11 Å². The van der Waals surface area contributed by atoms with E-state index in [1.807, 2.05) is 0 Å². The molecule has 0 aliphatic carbocycles. The maximum Gasteiger partial charge on any atom is 0.161 e. The van der Waals surface area contributed by atoms with Crippen LogP contribution in [0.4, 0.5) is 0 Å². The van der Waals surface area contributed by atoms with Crippen LogP contribution in [0.2, 0.25) is 0 Å². The van der Waals surface area contributed by atoms with Gasteiger partial charge in [-0.25, -0.2) is 0 Å². The number of carbonyl (C=O) groups excluding carboxylic acids is 1. The number of aldehydes is 1. The Morgan fingerprint density at radius 3 is 2.82 bits per heavy atom. The van der Waals surface area contributed by atoms with Gasteiger partial charge in [0.05, 0.1) is 7.11 Å². The number of hydrogen-bond donors (Lipinski definition) is 1. The van der Waals surface area contributed by atoms with Crippen molar-refractivity contribution in [2.24, 2.45) is 0 Å². The fourth-order valence-corrected chi connectivity index (χ4v) is 0.768. The van der Waals surface area contributed by atoms with Crippen LogP contribution in [0, 0.1) is 0 Å². The van der Waals surface area contributed by atoms with Crippen LogP contribution in [0.3, 0.4) is 0 Å². The third-order valence-corrected chi connectivity index (χ3v) is 1.34. The van der Waals surface area contributed by atoms with Crippen LogP contribution >= 0.6 is 0 Å². The molecule has 0 saturated carbocycles. The zero-order valence-electron chi connectivity index (χ0n) is 6.07. The quantitative estimate of drug-likeness (QED) is 0.513. The second-order valence-corrected chi connectivity index (χ2v) is 2.05. The van der Waals surface area contributed by atoms with Crippen molar-refractivity contribution in [1.29, 1.82) is 0 Å². The first-order valence-corrected chi connectivity index (χ1v) is 3.10. The molecule has 3 nitrogen and oxygen atoms in total. The SMILES string of the molecule is COc1cc([13CH]=O)ccc1O. The molecule has 0 aliphatic heterocycles. The highest BCUT2D eigenvalue weighted by molar-refractivity contribution is 5.76. The van der Waals surface area contributed by atoms with Gasteiger partial charge in [0.25, 0.3) is 0 Å². The molecule has 11 heavy (non-hydrogen) atoms. The smallest absolute Gasteiger partial charge is 0.161 e. The predicted octanol–water partition coefficient (Wildman–Crippen LogP) is 1.21. The number of aromatic hydroxyl groups is 1. The van der Waals surface area contributed by atoms with E-state index in [0.29, 0.717) is 17.6 Å². The van der Waals surface area contributed by atoms with E-state index in [9.17, 15) is 4.79 Å². The molecule has 0 fully saturated rings. The third-order valence-electron chi connectivity index (χ3n) is 1.34. The minimum absolute atomic E-state index is 0.0399. The molecular weight excluding hydrogens is 145 g/mol. The van der Waals surface area contributed by atoms with Crippen molar-refractivity contribution in [2.45, 2.75) is 0 Å². The topological polar surface area (TPSA) is 46.5 Å². The molecule has 0 unspecified atom stereocenters. The van der Waals surface area contributed by atoms with Crippen LogP contribution in [-0.2, 0) is 0 Å². The lowest BCUT2D eigenvalue weighted by Crippen LogP contribution is -1.85. The molecule has 0 aliphatic rings. The fourth-order valence-electron chi connectivity index (χ4n) is 0.768. The molecule has 0 aromatic heterocycles. The van der Waals surface area contributed by atoms with Crippen LogP contribution in [0.15, 0.2) is 18.2 Å². The van der Waals surface area contributed by atoms with Crippen molar-refractivity contribution in [3.05, 3.63) is 23.8 Å². The summed E-state index contributed by atoms with van der Waals surface area (Å²) in [5.74, 6) is 0.354. The van der Waals surface area contributed by atoms with E-state index in [-0.39, 0.29) is 5.75 Å². The van der Waals surface area contributed by atoms with E-state index in [2.05, 4.69) is 0 Å². The summed E-state index contributed by atoms with van der Waals surface area (Å²) >= 11 is 0. The Kier molecular flexibility index (Phi) is 2.11. The summed E-state index contributed by atoms with van der Waals surface area (Å²) in [4.78, 5) is 10.2. The molecule has 3 heteroatoms. The van der Waals surface area contributed by atoms with Crippen LogP contribution in [0.1, 0.15) is 10.4 Å². The van der Waals surface area contributed by atoms with Crippen LogP contribution in [-0.4, -0.2) is 18.5 Å². The van der Waals surface area contributed by atoms with E-state index >= 15 is 0 Å². The van der Waals surface area contributed by atoms with E-state index in [1.54, 1.807) is 0 Å². The monoisotopic (exact) mass is 153 g/mol. The second-order valence-electron chi connectivity index (χ2n) is 2.05. The number of benzene rings is 1. The Labute approximate surface area is 64.2 Å². The van der Waals surface area contributed by atoms with Gasteiger partial charge in [0.1, 0.15) is 6.29 Å². The summed E-state index contributed by atoms with van der Waals surface area (Å²) < 4.78 is 4.78. The summed E-state index contributed by atoms with van der Waals surface area (Å²) in [6.07, 6.45) is 0.696. The Morgan fingerprint density at radius 1 is 1.55 bits per heavy atom. The van der Waals surface area contributed by atoms with Gasteiger partial charge < -0.3 is 9.84 Å². The first-order chi connectivity index (χ1) is 5.27. The van der Waals surface area contributed by atoms with Crippen molar-refractivity contribution < 1.29 is 14.6 Å². The van der Waals surface area contributed by atoms with Crippen molar-refractivity contribution in [3.8, 4) is 11.5 Å². The summed E-state index contributed by atoms with van der Waals surface area (Å²) in [5, 5.41) is 9.09. The lowest BCUT2D eigenvalue weighted by molar-refractivity contribution is 0.112. The average molecular weight is 153 g/mol. The standard InChI is InChI=1S/C8H8O3/c1-11-8-4-6(5-9)2-3-7(8)10/h2-5,10H,1H3/i5+1. The number of methoxy groups -OCH3 is 1. The number of phenolic OH excluding ortho intramolecular Hbond substituents is 1. The fraction of sp³-hybridized carbons (Fsp3) is 0.125. The molecule has 1 rings (SSSR count). The van der Waals surface area contributed by atoms with Gasteiger partial charge in [0, 0.05) is 5.56 Å². The molecule has 1 N–H and O–H groups in total. The number of rotatable bonds is 2. The number of phenols is 1. The van der Waals surface area contributed by atoms with Crippen LogP contribution in [0.5, 0.6) is 11.5 Å². The number of hydrogen-bond acceptors (Lipinski definition) is 3. The average Bonchev–Trinajstić information content (AvgIpc) is 2.05. The molecule has 58 valence electrons. The zero-order chi connectivity index (χ0) is 8.27. The normalized spacial score (nSPS) is 9.18. The maximum absolute atomic E-state index is 10.2. The Balaban J connectivity index is 3.12. The molecule has 0 heterocycles. The van der Waals surface area contributed by atoms with Gasteiger partial charge >= 0.3 is 0 Å². The molecule has 0 saturated heterocycles. The van der Waals surface area contributed by atoms with Crippen LogP contribution < -0.4 is 4.74 Å². The molecule has 0 spiro atoms. The third kappa shape index (κ3) is 1.49. The molecule has 0 bridgehead atoms. The van der Waals surface area contributed by atoms with E-state index in [1.165, 1.54) is 25.3 Å². The number of ether oxygens (including phenoxy) is 1. The highest BCUT2D eigenvalue weighted by Gasteiger charge is 2.00. The molecule has 0 radical (unpaired) electrons. The molecule has 0 atom stereocenters. The maximum atomic E-state index is 10.2. The van der Waals surface area contributed by atoms with Crippen molar-refractivity contribution in [3.63, 3.8) is 0 Å². The molecule has 1 aromatic rings. The molecular formula is C8H8O3. The first kappa shape index (κ1) is 7.60. The van der Waals surface area contributed by atoms with Crippen molar-refractivity contribution in [1.82, 2.24) is 0 Å². The summed E-state index contributed by atoms with van der Waals surface area (Å²) in [6.45, 7) is 0. The summed E-state index contributed by atoms with van der Waals surface area (Å²) in [6, 6.07) is 4.41. The van der Waals surface area contributed by atoms with E-state index in [0.717, 1.165) is 0 Å². The van der Waals surface area contributed by atoms with Gasteiger partial charge in [-0.15, -0.1) is 0 Å². The lowest BCUT2D eigenvalue weighted by atomic mass is 10.2. The second kappa shape index (κ2) is 3.05. The minimum atomic E-state index is 0.0399. The highest BCUT2D eigenvalue weighted by Crippen LogP contribution is 2.25. The highest BCUT2D eigenvalue weighted by atomic mass is 16.5. The largest absolute Gasteiger partial charge is 0.504 e. The van der Waals surface area contributed by atoms with Gasteiger partial charge in [-0.05, 0) is 18.2 Å².